The van der Waals surface area contributed by atoms with E-state index in [0.29, 0.717) is 6.04 Å². The van der Waals surface area contributed by atoms with Crippen LogP contribution in [0.15, 0.2) is 12.1 Å². The van der Waals surface area contributed by atoms with E-state index in [-0.39, 0.29) is 16.9 Å². The van der Waals surface area contributed by atoms with Crippen molar-refractivity contribution in [1.29, 1.82) is 0 Å². The van der Waals surface area contributed by atoms with Gasteiger partial charge in [-0.05, 0) is 12.5 Å². The van der Waals surface area contributed by atoms with Crippen LogP contribution in [0.25, 0.3) is 0 Å². The molecular weight excluding hydrogens is 243 g/mol. The van der Waals surface area contributed by atoms with Crippen molar-refractivity contribution >= 4 is 23.0 Å². The Labute approximate surface area is 105 Å². The number of ether oxygens (including phenoxy) is 1. The third-order valence-electron chi connectivity index (χ3n) is 3.59. The summed E-state index contributed by atoms with van der Waals surface area (Å²) in [5, 5.41) is 3.42. The molecule has 2 aliphatic heterocycles. The van der Waals surface area contributed by atoms with Crippen LogP contribution in [-0.4, -0.2) is 32.3 Å². The molecule has 1 aromatic rings. The third-order valence-corrected chi connectivity index (χ3v) is 3.88. The predicted octanol–water partition coefficient (Wildman–Crippen LogP) is 2.50. The van der Waals surface area contributed by atoms with Crippen LogP contribution in [0.2, 0.25) is 5.02 Å². The van der Waals surface area contributed by atoms with Gasteiger partial charge in [0.1, 0.15) is 5.82 Å². The van der Waals surface area contributed by atoms with Gasteiger partial charge in [0.25, 0.3) is 0 Å². The number of benzene rings is 1. The summed E-state index contributed by atoms with van der Waals surface area (Å²) < 4.78 is 18.8. The van der Waals surface area contributed by atoms with E-state index in [1.165, 1.54) is 6.07 Å². The Balaban J connectivity index is 1.98. The largest absolute Gasteiger partial charge is 0.381 e. The van der Waals surface area contributed by atoms with Gasteiger partial charge in [0.2, 0.25) is 0 Å². The molecule has 0 aliphatic carbocycles. The van der Waals surface area contributed by atoms with Gasteiger partial charge in [-0.2, -0.15) is 0 Å². The lowest BCUT2D eigenvalue weighted by atomic mass is 10.1. The highest BCUT2D eigenvalue weighted by Gasteiger charge is 2.36. The van der Waals surface area contributed by atoms with Gasteiger partial charge in [0, 0.05) is 32.3 Å². The molecule has 0 spiro atoms. The minimum Gasteiger partial charge on any atom is -0.381 e. The van der Waals surface area contributed by atoms with Gasteiger partial charge >= 0.3 is 0 Å². The fourth-order valence-corrected chi connectivity index (χ4v) is 2.83. The van der Waals surface area contributed by atoms with E-state index < -0.39 is 0 Å². The maximum atomic E-state index is 13.4. The zero-order chi connectivity index (χ0) is 12.0. The minimum atomic E-state index is -0.376. The van der Waals surface area contributed by atoms with Crippen molar-refractivity contribution in [1.82, 2.24) is 0 Å². The summed E-state index contributed by atoms with van der Waals surface area (Å²) in [6.07, 6.45) is 1.24. The Kier molecular flexibility index (Phi) is 2.64. The quantitative estimate of drug-likeness (QED) is 0.836. The van der Waals surface area contributed by atoms with Gasteiger partial charge in [0.05, 0.1) is 22.5 Å². The fraction of sp³-hybridized carbons (Fsp3) is 0.500. The van der Waals surface area contributed by atoms with Gasteiger partial charge in [-0.25, -0.2) is 4.39 Å². The molecule has 17 heavy (non-hydrogen) atoms. The molecule has 1 aromatic carbocycles. The lowest BCUT2D eigenvalue weighted by molar-refractivity contribution is 0.118. The van der Waals surface area contributed by atoms with Crippen LogP contribution in [-0.2, 0) is 4.74 Å². The third kappa shape index (κ3) is 1.76. The van der Waals surface area contributed by atoms with Gasteiger partial charge in [-0.15, -0.1) is 0 Å². The fourth-order valence-electron chi connectivity index (χ4n) is 2.68. The SMILES string of the molecule is COC1CC2CNc3cc(F)c(Cl)cc3N2C1. The average molecular weight is 257 g/mol. The molecule has 0 amide bonds. The van der Waals surface area contributed by atoms with E-state index in [1.54, 1.807) is 13.2 Å². The topological polar surface area (TPSA) is 24.5 Å². The molecular formula is C12H14ClFN2O. The van der Waals surface area contributed by atoms with Crippen molar-refractivity contribution in [2.45, 2.75) is 18.6 Å². The lowest BCUT2D eigenvalue weighted by Gasteiger charge is -2.34. The summed E-state index contributed by atoms with van der Waals surface area (Å²) in [5.74, 6) is -0.376. The molecule has 2 heterocycles. The minimum absolute atomic E-state index is 0.173. The van der Waals surface area contributed by atoms with Crippen molar-refractivity contribution in [3.63, 3.8) is 0 Å². The second-order valence-electron chi connectivity index (χ2n) is 4.56. The number of rotatable bonds is 1. The van der Waals surface area contributed by atoms with Crippen molar-refractivity contribution in [2.24, 2.45) is 0 Å². The zero-order valence-electron chi connectivity index (χ0n) is 9.54. The van der Waals surface area contributed by atoms with Crippen LogP contribution < -0.4 is 10.2 Å². The van der Waals surface area contributed by atoms with Crippen LogP contribution in [0.3, 0.4) is 0 Å². The molecule has 0 radical (unpaired) electrons. The number of nitrogens with one attached hydrogen (secondary N) is 1. The van der Waals surface area contributed by atoms with Crippen LogP contribution in [0, 0.1) is 5.82 Å². The molecule has 0 aromatic heterocycles. The zero-order valence-corrected chi connectivity index (χ0v) is 10.3. The Morgan fingerprint density at radius 1 is 1.53 bits per heavy atom. The molecule has 1 fully saturated rings. The van der Waals surface area contributed by atoms with Gasteiger partial charge in [-0.1, -0.05) is 11.6 Å². The van der Waals surface area contributed by atoms with Crippen LogP contribution in [0.1, 0.15) is 6.42 Å². The Hall–Kier alpha value is -1.00. The molecule has 3 nitrogen and oxygen atoms in total. The van der Waals surface area contributed by atoms with E-state index in [0.717, 1.165) is 30.9 Å². The summed E-state index contributed by atoms with van der Waals surface area (Å²) in [4.78, 5) is 2.26. The Bertz CT molecular complexity index is 454. The first kappa shape index (κ1) is 11.1. The Morgan fingerprint density at radius 3 is 3.12 bits per heavy atom. The molecule has 2 unspecified atom stereocenters. The van der Waals surface area contributed by atoms with Gasteiger partial charge in [-0.3, -0.25) is 0 Å². The van der Waals surface area contributed by atoms with Crippen molar-refractivity contribution in [2.75, 3.05) is 30.4 Å². The van der Waals surface area contributed by atoms with Gasteiger partial charge < -0.3 is 15.0 Å². The number of hydrogen-bond acceptors (Lipinski definition) is 3. The number of methoxy groups -OCH3 is 1. The average Bonchev–Trinajstić information content (AvgIpc) is 2.74. The van der Waals surface area contributed by atoms with E-state index >= 15 is 0 Å². The number of hydrogen-bond donors (Lipinski definition) is 1. The second kappa shape index (κ2) is 4.03. The predicted molar refractivity (Wildman–Crippen MR) is 66.4 cm³/mol. The van der Waals surface area contributed by atoms with E-state index in [9.17, 15) is 4.39 Å². The molecule has 2 aliphatic rings. The van der Waals surface area contributed by atoms with Crippen LogP contribution in [0.4, 0.5) is 15.8 Å². The Morgan fingerprint density at radius 2 is 2.35 bits per heavy atom. The van der Waals surface area contributed by atoms with Gasteiger partial charge in [0.15, 0.2) is 0 Å². The van der Waals surface area contributed by atoms with Crippen molar-refractivity contribution < 1.29 is 9.13 Å². The van der Waals surface area contributed by atoms with Crippen LogP contribution >= 0.6 is 11.6 Å². The first-order valence-electron chi connectivity index (χ1n) is 5.71. The molecule has 3 rings (SSSR count). The molecule has 0 saturated carbocycles. The highest BCUT2D eigenvalue weighted by molar-refractivity contribution is 6.31. The highest BCUT2D eigenvalue weighted by atomic mass is 35.5. The van der Waals surface area contributed by atoms with E-state index in [2.05, 4.69) is 10.2 Å². The second-order valence-corrected chi connectivity index (χ2v) is 4.97. The molecule has 92 valence electrons. The van der Waals surface area contributed by atoms with E-state index in [4.69, 9.17) is 16.3 Å². The maximum Gasteiger partial charge on any atom is 0.143 e. The smallest absolute Gasteiger partial charge is 0.143 e. The molecule has 1 N–H and O–H groups in total. The monoisotopic (exact) mass is 256 g/mol. The first-order valence-corrected chi connectivity index (χ1v) is 6.09. The summed E-state index contributed by atoms with van der Waals surface area (Å²) in [5.41, 5.74) is 1.80. The molecule has 5 heteroatoms. The maximum absolute atomic E-state index is 13.4. The number of halogens is 2. The molecule has 1 saturated heterocycles. The summed E-state index contributed by atoms with van der Waals surface area (Å²) in [7, 11) is 1.73. The standard InChI is InChI=1S/C12H14ClFN2O/c1-17-8-2-7-5-15-11-4-10(14)9(13)3-12(11)16(7)6-8/h3-4,7-8,15H,2,5-6H2,1H3. The van der Waals surface area contributed by atoms with Crippen molar-refractivity contribution in [3.8, 4) is 0 Å². The normalized spacial score (nSPS) is 26.4. The molecule has 2 atom stereocenters. The lowest BCUT2D eigenvalue weighted by Crippen LogP contribution is -2.39. The van der Waals surface area contributed by atoms with E-state index in [1.807, 2.05) is 0 Å². The highest BCUT2D eigenvalue weighted by Crippen LogP contribution is 2.39. The number of nitrogens with zero attached hydrogens (tertiary/aromatic N) is 1. The number of fused-ring (bicyclic) bond motifs is 3. The molecule has 0 bridgehead atoms. The number of anilines is 2. The summed E-state index contributed by atoms with van der Waals surface area (Å²) in [6, 6.07) is 3.58. The van der Waals surface area contributed by atoms with Crippen molar-refractivity contribution in [3.05, 3.63) is 23.0 Å². The summed E-state index contributed by atoms with van der Waals surface area (Å²) >= 11 is 5.85. The van der Waals surface area contributed by atoms with Crippen LogP contribution in [0.5, 0.6) is 0 Å². The first-order chi connectivity index (χ1) is 8.19. The summed E-state index contributed by atoms with van der Waals surface area (Å²) in [6.45, 7) is 1.67.